The highest BCUT2D eigenvalue weighted by Crippen LogP contribution is 2.19. The van der Waals surface area contributed by atoms with Crippen molar-refractivity contribution in [2.45, 2.75) is 32.9 Å². The molecule has 0 radical (unpaired) electrons. The van der Waals surface area contributed by atoms with E-state index in [2.05, 4.69) is 20.7 Å². The molecule has 0 aliphatic carbocycles. The quantitative estimate of drug-likeness (QED) is 0.476. The van der Waals surface area contributed by atoms with Crippen LogP contribution in [0.2, 0.25) is 0 Å². The van der Waals surface area contributed by atoms with Gasteiger partial charge in [0.15, 0.2) is 0 Å². The van der Waals surface area contributed by atoms with Crippen molar-refractivity contribution in [1.29, 1.82) is 0 Å². The van der Waals surface area contributed by atoms with Gasteiger partial charge in [-0.15, -0.1) is 0 Å². The molecule has 0 spiro atoms. The molecule has 4 aromatic rings. The monoisotopic (exact) mass is 405 g/mol. The fourth-order valence-corrected chi connectivity index (χ4v) is 3.23. The Kier molecular flexibility index (Phi) is 4.91. The normalized spacial score (nSPS) is 11.6. The van der Waals surface area contributed by atoms with Gasteiger partial charge in [0, 0.05) is 35.5 Å². The van der Waals surface area contributed by atoms with Crippen LogP contribution in [0.4, 0.5) is 10.5 Å². The van der Waals surface area contributed by atoms with Crippen molar-refractivity contribution in [3.8, 4) is 0 Å². The van der Waals surface area contributed by atoms with Crippen LogP contribution < -0.4 is 10.6 Å². The number of hydrogen-bond acceptors (Lipinski definition) is 4. The van der Waals surface area contributed by atoms with Gasteiger partial charge in [-0.25, -0.2) is 9.31 Å². The lowest BCUT2D eigenvalue weighted by atomic mass is 10.1. The third kappa shape index (κ3) is 4.12. The van der Waals surface area contributed by atoms with E-state index < -0.39 is 11.7 Å². The molecule has 30 heavy (non-hydrogen) atoms. The van der Waals surface area contributed by atoms with Crippen LogP contribution in [0.25, 0.3) is 16.4 Å². The smallest absolute Gasteiger partial charge is 0.412 e. The van der Waals surface area contributed by atoms with Crippen molar-refractivity contribution in [2.75, 3.05) is 5.32 Å². The van der Waals surface area contributed by atoms with E-state index in [1.165, 1.54) is 6.20 Å². The maximum absolute atomic E-state index is 12.8. The molecule has 0 saturated carbocycles. The van der Waals surface area contributed by atoms with Crippen molar-refractivity contribution in [3.63, 3.8) is 0 Å². The van der Waals surface area contributed by atoms with Gasteiger partial charge in [-0.3, -0.25) is 10.1 Å². The summed E-state index contributed by atoms with van der Waals surface area (Å²) in [4.78, 5) is 28.0. The van der Waals surface area contributed by atoms with Crippen LogP contribution in [0.3, 0.4) is 0 Å². The summed E-state index contributed by atoms with van der Waals surface area (Å²) in [5, 5.41) is 10.9. The van der Waals surface area contributed by atoms with E-state index in [-0.39, 0.29) is 5.91 Å². The van der Waals surface area contributed by atoms with E-state index in [1.807, 2.05) is 30.5 Å². The van der Waals surface area contributed by atoms with Gasteiger partial charge in [-0.05, 0) is 50.6 Å². The molecule has 3 heterocycles. The highest BCUT2D eigenvalue weighted by Gasteiger charge is 2.18. The van der Waals surface area contributed by atoms with Gasteiger partial charge in [0.1, 0.15) is 5.60 Å². The average molecular weight is 405 g/mol. The van der Waals surface area contributed by atoms with Crippen LogP contribution in [-0.4, -0.2) is 32.2 Å². The molecule has 0 aliphatic rings. The standard InChI is InChI=1S/C22H23N5O3/c1-22(2,3)30-21(29)26-15-8-10-27-19(11-15)17(13-25-27)20(28)24-12-14-5-4-6-18-16(14)7-9-23-18/h4-11,13,23H,12H2,1-3H3,(H,24,28)(H,26,29). The molecule has 0 unspecified atom stereocenters. The highest BCUT2D eigenvalue weighted by atomic mass is 16.6. The first-order valence-corrected chi connectivity index (χ1v) is 9.61. The highest BCUT2D eigenvalue weighted by molar-refractivity contribution is 6.01. The van der Waals surface area contributed by atoms with Crippen LogP contribution in [0.1, 0.15) is 36.7 Å². The molecule has 0 fully saturated rings. The number of ether oxygens (including phenoxy) is 1. The summed E-state index contributed by atoms with van der Waals surface area (Å²) in [5.74, 6) is -0.244. The third-order valence-electron chi connectivity index (χ3n) is 4.54. The number of benzene rings is 1. The second kappa shape index (κ2) is 7.55. The molecule has 8 heteroatoms. The van der Waals surface area contributed by atoms with Crippen LogP contribution in [0.5, 0.6) is 0 Å². The van der Waals surface area contributed by atoms with E-state index in [0.29, 0.717) is 23.3 Å². The lowest BCUT2D eigenvalue weighted by molar-refractivity contribution is 0.0635. The van der Waals surface area contributed by atoms with Gasteiger partial charge in [-0.1, -0.05) is 12.1 Å². The number of anilines is 1. The minimum absolute atomic E-state index is 0.244. The lowest BCUT2D eigenvalue weighted by Gasteiger charge is -2.19. The number of H-pyrrole nitrogens is 1. The first-order valence-electron chi connectivity index (χ1n) is 9.61. The van der Waals surface area contributed by atoms with E-state index in [1.54, 1.807) is 43.6 Å². The van der Waals surface area contributed by atoms with E-state index in [4.69, 9.17) is 4.74 Å². The molecule has 4 rings (SSSR count). The van der Waals surface area contributed by atoms with Gasteiger partial charge < -0.3 is 15.0 Å². The molecule has 3 aromatic heterocycles. The van der Waals surface area contributed by atoms with E-state index in [9.17, 15) is 9.59 Å². The number of amides is 2. The van der Waals surface area contributed by atoms with Crippen molar-refractivity contribution in [2.24, 2.45) is 0 Å². The fraction of sp³-hybridized carbons (Fsp3) is 0.227. The van der Waals surface area contributed by atoms with Gasteiger partial charge in [-0.2, -0.15) is 5.10 Å². The third-order valence-corrected chi connectivity index (χ3v) is 4.54. The van der Waals surface area contributed by atoms with E-state index >= 15 is 0 Å². The molecule has 0 aliphatic heterocycles. The van der Waals surface area contributed by atoms with Crippen LogP contribution >= 0.6 is 0 Å². The number of nitrogens with one attached hydrogen (secondary N) is 3. The Morgan fingerprint density at radius 1 is 1.20 bits per heavy atom. The van der Waals surface area contributed by atoms with E-state index in [0.717, 1.165) is 16.5 Å². The molecule has 2 amide bonds. The Morgan fingerprint density at radius 3 is 2.83 bits per heavy atom. The summed E-state index contributed by atoms with van der Waals surface area (Å²) in [5.41, 5.74) is 2.97. The SMILES string of the molecule is CC(C)(C)OC(=O)Nc1ccn2ncc(C(=O)NCc3cccc4[nH]ccc34)c2c1. The first kappa shape index (κ1) is 19.5. The maximum atomic E-state index is 12.8. The summed E-state index contributed by atoms with van der Waals surface area (Å²) in [6.07, 6.45) is 4.51. The molecule has 0 atom stereocenters. The zero-order chi connectivity index (χ0) is 21.3. The molecule has 8 nitrogen and oxygen atoms in total. The van der Waals surface area contributed by atoms with Crippen molar-refractivity contribution >= 4 is 34.1 Å². The number of pyridine rings is 1. The topological polar surface area (TPSA) is 101 Å². The van der Waals surface area contributed by atoms with Crippen molar-refractivity contribution in [3.05, 3.63) is 66.1 Å². The largest absolute Gasteiger partial charge is 0.444 e. The second-order valence-electron chi connectivity index (χ2n) is 7.97. The number of carbonyl (C=O) groups is 2. The molecular weight excluding hydrogens is 382 g/mol. The average Bonchev–Trinajstić information content (AvgIpc) is 3.31. The first-order chi connectivity index (χ1) is 14.3. The summed E-state index contributed by atoms with van der Waals surface area (Å²) < 4.78 is 6.86. The summed E-state index contributed by atoms with van der Waals surface area (Å²) >= 11 is 0. The molecule has 0 bridgehead atoms. The summed E-state index contributed by atoms with van der Waals surface area (Å²) in [6, 6.07) is 11.3. The number of aromatic amines is 1. The predicted octanol–water partition coefficient (Wildman–Crippen LogP) is 4.09. The Balaban J connectivity index is 1.51. The van der Waals surface area contributed by atoms with Crippen molar-refractivity contribution in [1.82, 2.24) is 19.9 Å². The zero-order valence-electron chi connectivity index (χ0n) is 17.0. The Morgan fingerprint density at radius 2 is 2.03 bits per heavy atom. The predicted molar refractivity (Wildman–Crippen MR) is 115 cm³/mol. The van der Waals surface area contributed by atoms with Gasteiger partial charge in [0.25, 0.3) is 5.91 Å². The minimum Gasteiger partial charge on any atom is -0.444 e. The molecular formula is C22H23N5O3. The summed E-state index contributed by atoms with van der Waals surface area (Å²) in [6.45, 7) is 5.77. The Labute approximate surface area is 173 Å². The number of nitrogens with zero attached hydrogens (tertiary/aromatic N) is 2. The lowest BCUT2D eigenvalue weighted by Crippen LogP contribution is -2.27. The number of hydrogen-bond donors (Lipinski definition) is 3. The number of aromatic nitrogens is 3. The van der Waals surface area contributed by atoms with Gasteiger partial charge in [0.05, 0.1) is 17.3 Å². The van der Waals surface area contributed by atoms with Gasteiger partial charge >= 0.3 is 6.09 Å². The van der Waals surface area contributed by atoms with Crippen LogP contribution in [0, 0.1) is 0 Å². The Hall–Kier alpha value is -3.81. The number of fused-ring (bicyclic) bond motifs is 2. The molecule has 0 saturated heterocycles. The van der Waals surface area contributed by atoms with Crippen LogP contribution in [0.15, 0.2) is 55.0 Å². The number of rotatable bonds is 4. The molecule has 154 valence electrons. The Bertz CT molecular complexity index is 1230. The maximum Gasteiger partial charge on any atom is 0.412 e. The zero-order valence-corrected chi connectivity index (χ0v) is 17.0. The minimum atomic E-state index is -0.599. The van der Waals surface area contributed by atoms with Gasteiger partial charge in [0.2, 0.25) is 0 Å². The number of carbonyl (C=O) groups excluding carboxylic acids is 2. The van der Waals surface area contributed by atoms with Crippen LogP contribution in [-0.2, 0) is 11.3 Å². The summed E-state index contributed by atoms with van der Waals surface area (Å²) in [7, 11) is 0. The fourth-order valence-electron chi connectivity index (χ4n) is 3.23. The molecule has 1 aromatic carbocycles. The second-order valence-corrected chi connectivity index (χ2v) is 7.97. The molecule has 3 N–H and O–H groups in total. The van der Waals surface area contributed by atoms with Crippen molar-refractivity contribution < 1.29 is 14.3 Å².